The Hall–Kier alpha value is -3.24. The number of ether oxygens (including phenoxy) is 2. The van der Waals surface area contributed by atoms with E-state index in [4.69, 9.17) is 19.4 Å². The first-order valence-electron chi connectivity index (χ1n) is 14.4. The van der Waals surface area contributed by atoms with Gasteiger partial charge < -0.3 is 35.4 Å². The van der Waals surface area contributed by atoms with Crippen molar-refractivity contribution in [3.63, 3.8) is 0 Å². The van der Waals surface area contributed by atoms with E-state index in [0.29, 0.717) is 24.7 Å². The van der Waals surface area contributed by atoms with Gasteiger partial charge in [-0.15, -0.1) is 0 Å². The summed E-state index contributed by atoms with van der Waals surface area (Å²) in [6.07, 6.45) is 2.59. The van der Waals surface area contributed by atoms with Crippen LogP contribution in [0.5, 0.6) is 5.75 Å². The molecule has 2 saturated heterocycles. The minimum absolute atomic E-state index is 0.119. The molecule has 2 aromatic carbocycles. The summed E-state index contributed by atoms with van der Waals surface area (Å²) in [6, 6.07) is 16.9. The Bertz CT molecular complexity index is 1320. The Labute approximate surface area is 236 Å². The molecule has 3 aliphatic heterocycles. The molecule has 4 N–H and O–H groups in total. The van der Waals surface area contributed by atoms with Crippen LogP contribution in [0.25, 0.3) is 11.4 Å². The second kappa shape index (κ2) is 11.7. The van der Waals surface area contributed by atoms with Crippen molar-refractivity contribution in [3.8, 4) is 17.1 Å². The van der Waals surface area contributed by atoms with Crippen LogP contribution in [0.15, 0.2) is 48.5 Å². The van der Waals surface area contributed by atoms with Gasteiger partial charge in [0, 0.05) is 41.9 Å². The maximum atomic E-state index is 10.1. The lowest BCUT2D eigenvalue weighted by molar-refractivity contribution is 0.108. The third-order valence-electron chi connectivity index (χ3n) is 8.41. The van der Waals surface area contributed by atoms with E-state index in [1.165, 1.54) is 11.3 Å². The largest absolute Gasteiger partial charge is 0.491 e. The number of hydrogen-bond acceptors (Lipinski definition) is 9. The van der Waals surface area contributed by atoms with Crippen molar-refractivity contribution < 1.29 is 14.6 Å². The molecule has 0 aliphatic carbocycles. The molecule has 3 aliphatic rings. The Kier molecular flexibility index (Phi) is 7.89. The molecule has 9 heteroatoms. The maximum Gasteiger partial charge on any atom is 0.164 e. The number of piperidine rings is 1. The molecular weight excluding hydrogens is 504 g/mol. The summed E-state index contributed by atoms with van der Waals surface area (Å²) >= 11 is 0. The number of benzene rings is 2. The van der Waals surface area contributed by atoms with E-state index < -0.39 is 6.10 Å². The van der Waals surface area contributed by atoms with Crippen LogP contribution in [-0.2, 0) is 10.2 Å². The molecule has 4 heterocycles. The number of aliphatic hydroxyl groups is 1. The first kappa shape index (κ1) is 27.0. The lowest BCUT2D eigenvalue weighted by Crippen LogP contribution is -2.42. The SMILES string of the molecule is CNCC(O)COc1cccc(-c2nc(NC3CCOC3)c(C)c(N3CC4(CCNCC4)c4ccccc43)n2)c1. The zero-order valence-electron chi connectivity index (χ0n) is 23.4. The zero-order chi connectivity index (χ0) is 27.5. The monoisotopic (exact) mass is 544 g/mol. The molecule has 0 radical (unpaired) electrons. The number of nitrogens with one attached hydrogen (secondary N) is 3. The number of para-hydroxylation sites is 1. The summed E-state index contributed by atoms with van der Waals surface area (Å²) in [6.45, 7) is 7.20. The van der Waals surface area contributed by atoms with Crippen molar-refractivity contribution in [2.45, 2.75) is 43.7 Å². The number of rotatable bonds is 9. The van der Waals surface area contributed by atoms with E-state index in [-0.39, 0.29) is 18.1 Å². The average Bonchev–Trinajstić information content (AvgIpc) is 3.60. The fourth-order valence-corrected chi connectivity index (χ4v) is 6.24. The fraction of sp³-hybridized carbons (Fsp3) is 0.484. The van der Waals surface area contributed by atoms with Gasteiger partial charge in [-0.3, -0.25) is 0 Å². The summed E-state index contributed by atoms with van der Waals surface area (Å²) in [4.78, 5) is 12.7. The Morgan fingerprint density at radius 1 is 1.18 bits per heavy atom. The molecule has 3 aromatic rings. The van der Waals surface area contributed by atoms with Crippen molar-refractivity contribution in [3.05, 3.63) is 59.7 Å². The molecule has 9 nitrogen and oxygen atoms in total. The standard InChI is InChI=1S/C31H40N6O3/c1-21-28(34-23-10-15-39-18-23)35-29(22-6-5-7-25(16-22)40-19-24(38)17-32-2)36-30(21)37-20-31(11-13-33-14-12-31)26-8-3-4-9-27(26)37/h3-9,16,23-24,32-33,38H,10-15,17-20H2,1-2H3,(H,34,35,36). The van der Waals surface area contributed by atoms with Crippen molar-refractivity contribution >= 4 is 17.3 Å². The van der Waals surface area contributed by atoms with Gasteiger partial charge >= 0.3 is 0 Å². The summed E-state index contributed by atoms with van der Waals surface area (Å²) in [5.74, 6) is 3.10. The second-order valence-electron chi connectivity index (χ2n) is 11.2. The molecule has 212 valence electrons. The Morgan fingerprint density at radius 2 is 2.02 bits per heavy atom. The number of fused-ring (bicyclic) bond motifs is 2. The molecule has 6 rings (SSSR count). The maximum absolute atomic E-state index is 10.1. The van der Waals surface area contributed by atoms with Crippen molar-refractivity contribution in [1.82, 2.24) is 20.6 Å². The number of hydrogen-bond donors (Lipinski definition) is 4. The molecule has 2 atom stereocenters. The molecule has 40 heavy (non-hydrogen) atoms. The first-order chi connectivity index (χ1) is 19.6. The van der Waals surface area contributed by atoms with Crippen molar-refractivity contribution in [2.24, 2.45) is 0 Å². The lowest BCUT2D eigenvalue weighted by Gasteiger charge is -2.35. The predicted molar refractivity (Wildman–Crippen MR) is 158 cm³/mol. The summed E-state index contributed by atoms with van der Waals surface area (Å²) < 4.78 is 11.6. The summed E-state index contributed by atoms with van der Waals surface area (Å²) in [7, 11) is 1.81. The summed E-state index contributed by atoms with van der Waals surface area (Å²) in [5, 5.41) is 20.3. The van der Waals surface area contributed by atoms with Crippen LogP contribution in [0.4, 0.5) is 17.3 Å². The number of aromatic nitrogens is 2. The van der Waals surface area contributed by atoms with Gasteiger partial charge in [0.2, 0.25) is 0 Å². The molecule has 2 unspecified atom stereocenters. The van der Waals surface area contributed by atoms with Crippen molar-refractivity contribution in [1.29, 1.82) is 0 Å². The molecule has 0 saturated carbocycles. The third-order valence-corrected chi connectivity index (χ3v) is 8.41. The van der Waals surface area contributed by atoms with Gasteiger partial charge in [0.25, 0.3) is 0 Å². The number of aliphatic hydroxyl groups excluding tert-OH is 1. The molecule has 1 aromatic heterocycles. The van der Waals surface area contributed by atoms with Crippen LogP contribution in [0.3, 0.4) is 0 Å². The minimum atomic E-state index is -0.585. The highest BCUT2D eigenvalue weighted by Crippen LogP contribution is 2.49. The Morgan fingerprint density at radius 3 is 2.83 bits per heavy atom. The van der Waals surface area contributed by atoms with E-state index in [1.807, 2.05) is 31.3 Å². The van der Waals surface area contributed by atoms with Crippen LogP contribution in [-0.4, -0.2) is 80.3 Å². The molecular formula is C31H40N6O3. The predicted octanol–water partition coefficient (Wildman–Crippen LogP) is 3.38. The highest BCUT2D eigenvalue weighted by Gasteiger charge is 2.44. The van der Waals surface area contributed by atoms with Crippen LogP contribution in [0, 0.1) is 6.92 Å². The molecule has 1 spiro atoms. The van der Waals surface area contributed by atoms with Crippen LogP contribution in [0.1, 0.15) is 30.4 Å². The highest BCUT2D eigenvalue weighted by molar-refractivity contribution is 5.76. The summed E-state index contributed by atoms with van der Waals surface area (Å²) in [5.41, 5.74) is 4.69. The van der Waals surface area contributed by atoms with Crippen LogP contribution >= 0.6 is 0 Å². The van der Waals surface area contributed by atoms with E-state index >= 15 is 0 Å². The van der Waals surface area contributed by atoms with E-state index in [1.54, 1.807) is 0 Å². The van der Waals surface area contributed by atoms with Crippen LogP contribution in [0.2, 0.25) is 0 Å². The van der Waals surface area contributed by atoms with Gasteiger partial charge in [-0.25, -0.2) is 9.97 Å². The van der Waals surface area contributed by atoms with Gasteiger partial charge in [0.1, 0.15) is 30.1 Å². The Balaban J connectivity index is 1.39. The van der Waals surface area contributed by atoms with Crippen molar-refractivity contribution in [2.75, 3.05) is 63.3 Å². The fourth-order valence-electron chi connectivity index (χ4n) is 6.24. The minimum Gasteiger partial charge on any atom is -0.491 e. The number of nitrogens with zero attached hydrogens (tertiary/aromatic N) is 3. The smallest absolute Gasteiger partial charge is 0.164 e. The topological polar surface area (TPSA) is 104 Å². The van der Waals surface area contributed by atoms with Gasteiger partial charge in [-0.05, 0) is 70.1 Å². The van der Waals surface area contributed by atoms with E-state index in [9.17, 15) is 5.11 Å². The van der Waals surface area contributed by atoms with Gasteiger partial charge in [0.05, 0.1) is 12.6 Å². The molecule has 0 amide bonds. The number of anilines is 3. The van der Waals surface area contributed by atoms with Gasteiger partial charge in [-0.2, -0.15) is 0 Å². The number of likely N-dealkylation sites (N-methyl/N-ethyl adjacent to an activating group) is 1. The van der Waals surface area contributed by atoms with Gasteiger partial charge in [-0.1, -0.05) is 30.3 Å². The van der Waals surface area contributed by atoms with Gasteiger partial charge in [0.15, 0.2) is 5.82 Å². The zero-order valence-corrected chi connectivity index (χ0v) is 23.4. The average molecular weight is 545 g/mol. The highest BCUT2D eigenvalue weighted by atomic mass is 16.5. The normalized spacial score (nSPS) is 20.5. The molecule has 0 bridgehead atoms. The molecule has 2 fully saturated rings. The second-order valence-corrected chi connectivity index (χ2v) is 11.2. The van der Waals surface area contributed by atoms with Crippen LogP contribution < -0.4 is 25.6 Å². The lowest BCUT2D eigenvalue weighted by atomic mass is 9.75. The van der Waals surface area contributed by atoms with E-state index in [0.717, 1.165) is 68.3 Å². The van der Waals surface area contributed by atoms with E-state index in [2.05, 4.69) is 52.0 Å². The quantitative estimate of drug-likeness (QED) is 0.323. The third kappa shape index (κ3) is 5.39. The first-order valence-corrected chi connectivity index (χ1v) is 14.4.